The van der Waals surface area contributed by atoms with Gasteiger partial charge in [0.15, 0.2) is 5.76 Å². The Bertz CT molecular complexity index is 535. The van der Waals surface area contributed by atoms with Crippen LogP contribution in [0.15, 0.2) is 4.52 Å². The van der Waals surface area contributed by atoms with Crippen LogP contribution in [0.5, 0.6) is 0 Å². The summed E-state index contributed by atoms with van der Waals surface area (Å²) in [6, 6.07) is 0. The van der Waals surface area contributed by atoms with Gasteiger partial charge in [0.25, 0.3) is 5.91 Å². The zero-order valence-corrected chi connectivity index (χ0v) is 12.2. The summed E-state index contributed by atoms with van der Waals surface area (Å²) in [4.78, 5) is 25.3. The van der Waals surface area contributed by atoms with Crippen molar-refractivity contribution in [2.45, 2.75) is 33.6 Å². The van der Waals surface area contributed by atoms with Crippen molar-refractivity contribution in [3.8, 4) is 0 Å². The molecule has 6 nitrogen and oxygen atoms in total. The number of aryl methyl sites for hydroxylation is 1. The molecule has 1 N–H and O–H groups in total. The Morgan fingerprint density at radius 2 is 2.05 bits per heavy atom. The fraction of sp³-hybridized carbons (Fsp3) is 0.643. The fourth-order valence-electron chi connectivity index (χ4n) is 2.65. The molecule has 0 aliphatic carbocycles. The predicted molar refractivity (Wildman–Crippen MR) is 71.5 cm³/mol. The molecule has 110 valence electrons. The van der Waals surface area contributed by atoms with Crippen LogP contribution < -0.4 is 0 Å². The van der Waals surface area contributed by atoms with E-state index < -0.39 is 11.9 Å². The van der Waals surface area contributed by atoms with Gasteiger partial charge in [-0.15, -0.1) is 0 Å². The molecule has 0 saturated carbocycles. The normalized spacial score (nSPS) is 22.6. The minimum absolute atomic E-state index is 0.0425. The Labute approximate surface area is 117 Å². The van der Waals surface area contributed by atoms with Gasteiger partial charge < -0.3 is 14.5 Å². The molecule has 20 heavy (non-hydrogen) atoms. The lowest BCUT2D eigenvalue weighted by Crippen LogP contribution is -2.30. The molecule has 1 aliphatic heterocycles. The molecule has 6 heteroatoms. The molecule has 0 radical (unpaired) electrons. The molecule has 1 saturated heterocycles. The van der Waals surface area contributed by atoms with Gasteiger partial charge in [-0.25, -0.2) is 0 Å². The van der Waals surface area contributed by atoms with E-state index in [1.165, 1.54) is 0 Å². The first-order valence-corrected chi connectivity index (χ1v) is 6.81. The summed E-state index contributed by atoms with van der Waals surface area (Å²) in [5, 5.41) is 13.0. The molecule has 2 rings (SSSR count). The molecule has 1 aliphatic rings. The number of amides is 1. The number of carboxylic acid groups (broad SMARTS) is 1. The van der Waals surface area contributed by atoms with Crippen LogP contribution in [-0.2, 0) is 4.79 Å². The topological polar surface area (TPSA) is 83.6 Å². The predicted octanol–water partition coefficient (Wildman–Crippen LogP) is 1.90. The van der Waals surface area contributed by atoms with Gasteiger partial charge in [-0.05, 0) is 12.8 Å². The Hall–Kier alpha value is -1.85. The summed E-state index contributed by atoms with van der Waals surface area (Å²) in [5.41, 5.74) is 1.04. The third-order valence-corrected chi connectivity index (χ3v) is 3.84. The Morgan fingerprint density at radius 1 is 1.40 bits per heavy atom. The van der Waals surface area contributed by atoms with Crippen LogP contribution in [0.1, 0.15) is 48.5 Å². The summed E-state index contributed by atoms with van der Waals surface area (Å²) in [7, 11) is 0. The second-order valence-electron chi connectivity index (χ2n) is 5.79. The minimum Gasteiger partial charge on any atom is -0.481 e. The van der Waals surface area contributed by atoms with Crippen LogP contribution in [0.3, 0.4) is 0 Å². The van der Waals surface area contributed by atoms with Crippen molar-refractivity contribution >= 4 is 11.9 Å². The van der Waals surface area contributed by atoms with E-state index in [2.05, 4.69) is 5.16 Å². The number of hydrogen-bond acceptors (Lipinski definition) is 4. The van der Waals surface area contributed by atoms with Crippen molar-refractivity contribution < 1.29 is 19.2 Å². The van der Waals surface area contributed by atoms with Gasteiger partial charge in [-0.1, -0.05) is 25.9 Å². The van der Waals surface area contributed by atoms with E-state index in [4.69, 9.17) is 9.63 Å². The highest BCUT2D eigenvalue weighted by atomic mass is 16.5. The molecule has 1 aromatic heterocycles. The standard InChI is InChI=1S/C14H20N2O4/c1-7(2)12-11(9(4)15-20-12)13(17)16-5-8(3)10(6-16)14(18)19/h7-8,10H,5-6H2,1-4H3,(H,18,19)/t8-,10-/m1/s1. The summed E-state index contributed by atoms with van der Waals surface area (Å²) < 4.78 is 5.22. The lowest BCUT2D eigenvalue weighted by Gasteiger charge is -2.16. The summed E-state index contributed by atoms with van der Waals surface area (Å²) in [6.07, 6.45) is 0. The summed E-state index contributed by atoms with van der Waals surface area (Å²) in [6.45, 7) is 8.16. The first-order chi connectivity index (χ1) is 9.32. The third-order valence-electron chi connectivity index (χ3n) is 3.84. The second kappa shape index (κ2) is 5.26. The minimum atomic E-state index is -0.848. The summed E-state index contributed by atoms with van der Waals surface area (Å²) in [5.74, 6) is -0.938. The van der Waals surface area contributed by atoms with Crippen molar-refractivity contribution in [2.75, 3.05) is 13.1 Å². The first kappa shape index (κ1) is 14.6. The molecular formula is C14H20N2O4. The average molecular weight is 280 g/mol. The van der Waals surface area contributed by atoms with Gasteiger partial charge in [0, 0.05) is 19.0 Å². The number of nitrogens with zero attached hydrogens (tertiary/aromatic N) is 2. The second-order valence-corrected chi connectivity index (χ2v) is 5.79. The highest BCUT2D eigenvalue weighted by Crippen LogP contribution is 2.28. The van der Waals surface area contributed by atoms with E-state index in [-0.39, 0.29) is 24.3 Å². The van der Waals surface area contributed by atoms with E-state index in [1.54, 1.807) is 11.8 Å². The molecule has 0 bridgehead atoms. The van der Waals surface area contributed by atoms with Gasteiger partial charge in [0.2, 0.25) is 0 Å². The largest absolute Gasteiger partial charge is 0.481 e. The number of rotatable bonds is 3. The Morgan fingerprint density at radius 3 is 2.55 bits per heavy atom. The van der Waals surface area contributed by atoms with Gasteiger partial charge in [-0.2, -0.15) is 0 Å². The Kier molecular flexibility index (Phi) is 3.83. The van der Waals surface area contributed by atoms with E-state index >= 15 is 0 Å². The van der Waals surface area contributed by atoms with Crippen LogP contribution in [0, 0.1) is 18.8 Å². The lowest BCUT2D eigenvalue weighted by molar-refractivity contribution is -0.142. The van der Waals surface area contributed by atoms with Crippen LogP contribution >= 0.6 is 0 Å². The average Bonchev–Trinajstić information content (AvgIpc) is 2.91. The fourth-order valence-corrected chi connectivity index (χ4v) is 2.65. The molecular weight excluding hydrogens is 260 g/mol. The smallest absolute Gasteiger partial charge is 0.308 e. The van der Waals surface area contributed by atoms with Gasteiger partial charge in [0.05, 0.1) is 11.6 Å². The Balaban J connectivity index is 2.25. The number of aromatic nitrogens is 1. The highest BCUT2D eigenvalue weighted by molar-refractivity contribution is 5.97. The number of aliphatic carboxylic acids is 1. The number of carbonyl (C=O) groups excluding carboxylic acids is 1. The molecule has 1 fully saturated rings. The van der Waals surface area contributed by atoms with Gasteiger partial charge >= 0.3 is 5.97 Å². The third kappa shape index (κ3) is 2.42. The van der Waals surface area contributed by atoms with E-state index in [0.29, 0.717) is 23.6 Å². The molecule has 0 aromatic carbocycles. The van der Waals surface area contributed by atoms with Gasteiger partial charge in [-0.3, -0.25) is 9.59 Å². The highest BCUT2D eigenvalue weighted by Gasteiger charge is 2.39. The van der Waals surface area contributed by atoms with Crippen LogP contribution in [0.2, 0.25) is 0 Å². The molecule has 0 unspecified atom stereocenters. The van der Waals surface area contributed by atoms with E-state index in [9.17, 15) is 9.59 Å². The van der Waals surface area contributed by atoms with Gasteiger partial charge in [0.1, 0.15) is 5.56 Å². The van der Waals surface area contributed by atoms with E-state index in [1.807, 2.05) is 20.8 Å². The van der Waals surface area contributed by atoms with Crippen molar-refractivity contribution in [1.82, 2.24) is 10.1 Å². The number of hydrogen-bond donors (Lipinski definition) is 1. The summed E-state index contributed by atoms with van der Waals surface area (Å²) >= 11 is 0. The van der Waals surface area contributed by atoms with Crippen molar-refractivity contribution in [3.05, 3.63) is 17.0 Å². The lowest BCUT2D eigenvalue weighted by atomic mass is 9.99. The molecule has 2 heterocycles. The number of likely N-dealkylation sites (tertiary alicyclic amines) is 1. The molecule has 2 atom stereocenters. The maximum Gasteiger partial charge on any atom is 0.308 e. The van der Waals surface area contributed by atoms with Crippen LogP contribution in [0.25, 0.3) is 0 Å². The first-order valence-electron chi connectivity index (χ1n) is 6.81. The SMILES string of the molecule is Cc1noc(C(C)C)c1C(=O)N1C[C@@H](C)[C@H](C(=O)O)C1. The maximum absolute atomic E-state index is 12.6. The van der Waals surface area contributed by atoms with E-state index in [0.717, 1.165) is 0 Å². The zero-order valence-electron chi connectivity index (χ0n) is 12.2. The monoisotopic (exact) mass is 280 g/mol. The van der Waals surface area contributed by atoms with Crippen molar-refractivity contribution in [3.63, 3.8) is 0 Å². The maximum atomic E-state index is 12.6. The zero-order chi connectivity index (χ0) is 15.0. The quantitative estimate of drug-likeness (QED) is 0.914. The van der Waals surface area contributed by atoms with Crippen LogP contribution in [-0.4, -0.2) is 40.1 Å². The van der Waals surface area contributed by atoms with Crippen molar-refractivity contribution in [1.29, 1.82) is 0 Å². The molecule has 1 amide bonds. The number of carboxylic acids is 1. The molecule has 0 spiro atoms. The van der Waals surface area contributed by atoms with Crippen molar-refractivity contribution in [2.24, 2.45) is 11.8 Å². The molecule has 1 aromatic rings. The van der Waals surface area contributed by atoms with Crippen LogP contribution in [0.4, 0.5) is 0 Å². The number of carbonyl (C=O) groups is 2.